The highest BCUT2D eigenvalue weighted by molar-refractivity contribution is 5.86. The molecule has 1 aromatic carbocycles. The van der Waals surface area contributed by atoms with Crippen molar-refractivity contribution in [2.24, 2.45) is 5.73 Å². The lowest BCUT2D eigenvalue weighted by Crippen LogP contribution is -2.56. The van der Waals surface area contributed by atoms with E-state index in [0.29, 0.717) is 6.04 Å². The number of nitrogens with two attached hydrogens (primary N) is 1. The Hall–Kier alpha value is -1.26. The molecule has 1 atom stereocenters. The van der Waals surface area contributed by atoms with E-state index in [9.17, 15) is 4.79 Å². The standard InChI is InChI=1S/C18H29N3O.ClH/c1-4-12-18(2,19)17(22)21-13-10-16(11-14-21)20(3)15-8-6-5-7-9-15;/h5-9,16H,4,10-14,19H2,1-3H3;1H. The predicted molar refractivity (Wildman–Crippen MR) is 99.2 cm³/mol. The van der Waals surface area contributed by atoms with E-state index in [1.165, 1.54) is 5.69 Å². The first-order valence-corrected chi connectivity index (χ1v) is 8.32. The average molecular weight is 340 g/mol. The van der Waals surface area contributed by atoms with E-state index in [-0.39, 0.29) is 18.3 Å². The van der Waals surface area contributed by atoms with Gasteiger partial charge in [0, 0.05) is 31.9 Å². The molecule has 0 spiro atoms. The van der Waals surface area contributed by atoms with Gasteiger partial charge in [0.1, 0.15) is 0 Å². The highest BCUT2D eigenvalue weighted by Gasteiger charge is 2.34. The van der Waals surface area contributed by atoms with E-state index in [1.54, 1.807) is 0 Å². The molecule has 2 rings (SSSR count). The lowest BCUT2D eigenvalue weighted by atomic mass is 9.93. The molecule has 0 bridgehead atoms. The smallest absolute Gasteiger partial charge is 0.242 e. The highest BCUT2D eigenvalue weighted by Crippen LogP contribution is 2.23. The number of rotatable bonds is 5. The van der Waals surface area contributed by atoms with Crippen molar-refractivity contribution >= 4 is 24.0 Å². The fourth-order valence-corrected chi connectivity index (χ4v) is 3.32. The molecule has 0 radical (unpaired) electrons. The van der Waals surface area contributed by atoms with Gasteiger partial charge >= 0.3 is 0 Å². The summed E-state index contributed by atoms with van der Waals surface area (Å²) in [5.74, 6) is 0.107. The van der Waals surface area contributed by atoms with Gasteiger partial charge in [0.15, 0.2) is 0 Å². The van der Waals surface area contributed by atoms with Crippen molar-refractivity contribution in [2.75, 3.05) is 25.0 Å². The summed E-state index contributed by atoms with van der Waals surface area (Å²) in [6.07, 6.45) is 3.68. The molecule has 0 aromatic heterocycles. The second-order valence-corrected chi connectivity index (χ2v) is 6.64. The van der Waals surface area contributed by atoms with Crippen molar-refractivity contribution in [1.82, 2.24) is 4.90 Å². The summed E-state index contributed by atoms with van der Waals surface area (Å²) in [4.78, 5) is 16.8. The molecule has 1 saturated heterocycles. The minimum absolute atomic E-state index is 0. The molecule has 1 amide bonds. The Morgan fingerprint density at radius 3 is 2.39 bits per heavy atom. The van der Waals surface area contributed by atoms with Crippen molar-refractivity contribution < 1.29 is 4.79 Å². The molecule has 23 heavy (non-hydrogen) atoms. The molecule has 4 nitrogen and oxygen atoms in total. The van der Waals surface area contributed by atoms with Crippen LogP contribution in [0.2, 0.25) is 0 Å². The second-order valence-electron chi connectivity index (χ2n) is 6.64. The van der Waals surface area contributed by atoms with Gasteiger partial charge in [-0.3, -0.25) is 4.79 Å². The Morgan fingerprint density at radius 1 is 1.30 bits per heavy atom. The lowest BCUT2D eigenvalue weighted by molar-refractivity contribution is -0.137. The Morgan fingerprint density at radius 2 is 1.87 bits per heavy atom. The topological polar surface area (TPSA) is 49.6 Å². The number of nitrogens with zero attached hydrogens (tertiary/aromatic N) is 2. The quantitative estimate of drug-likeness (QED) is 0.897. The zero-order valence-electron chi connectivity index (χ0n) is 14.5. The van der Waals surface area contributed by atoms with Crippen LogP contribution in [0.5, 0.6) is 0 Å². The summed E-state index contributed by atoms with van der Waals surface area (Å²) in [5, 5.41) is 0. The van der Waals surface area contributed by atoms with Crippen LogP contribution in [-0.2, 0) is 4.79 Å². The number of carbonyl (C=O) groups is 1. The van der Waals surface area contributed by atoms with Crippen molar-refractivity contribution in [3.63, 3.8) is 0 Å². The molecule has 130 valence electrons. The van der Waals surface area contributed by atoms with Crippen LogP contribution < -0.4 is 10.6 Å². The van der Waals surface area contributed by atoms with Gasteiger partial charge in [-0.25, -0.2) is 0 Å². The van der Waals surface area contributed by atoms with Gasteiger partial charge in [-0.2, -0.15) is 0 Å². The van der Waals surface area contributed by atoms with Gasteiger partial charge < -0.3 is 15.5 Å². The second kappa shape index (κ2) is 8.55. The number of halogens is 1. The van der Waals surface area contributed by atoms with Gasteiger partial charge in [0.2, 0.25) is 5.91 Å². The number of hydrogen-bond acceptors (Lipinski definition) is 3. The Bertz CT molecular complexity index is 484. The zero-order chi connectivity index (χ0) is 16.2. The minimum Gasteiger partial charge on any atom is -0.371 e. The van der Waals surface area contributed by atoms with Crippen molar-refractivity contribution in [1.29, 1.82) is 0 Å². The number of anilines is 1. The highest BCUT2D eigenvalue weighted by atomic mass is 35.5. The first-order chi connectivity index (χ1) is 10.5. The summed E-state index contributed by atoms with van der Waals surface area (Å²) in [6.45, 7) is 5.54. The van der Waals surface area contributed by atoms with Gasteiger partial charge in [0.25, 0.3) is 0 Å². The molecule has 1 aromatic rings. The molecule has 2 N–H and O–H groups in total. The molecular weight excluding hydrogens is 310 g/mol. The summed E-state index contributed by atoms with van der Waals surface area (Å²) in [6, 6.07) is 10.9. The van der Waals surface area contributed by atoms with Crippen LogP contribution in [0.15, 0.2) is 30.3 Å². The van der Waals surface area contributed by atoms with E-state index in [4.69, 9.17) is 5.73 Å². The molecule has 1 unspecified atom stereocenters. The number of likely N-dealkylation sites (tertiary alicyclic amines) is 1. The minimum atomic E-state index is -0.715. The number of para-hydroxylation sites is 1. The number of benzene rings is 1. The molecule has 1 aliphatic heterocycles. The number of piperidine rings is 1. The van der Waals surface area contributed by atoms with Crippen molar-refractivity contribution in [3.05, 3.63) is 30.3 Å². The van der Waals surface area contributed by atoms with Gasteiger partial charge in [-0.1, -0.05) is 31.5 Å². The van der Waals surface area contributed by atoms with E-state index >= 15 is 0 Å². The molecule has 1 fully saturated rings. The fourth-order valence-electron chi connectivity index (χ4n) is 3.32. The monoisotopic (exact) mass is 339 g/mol. The number of amides is 1. The zero-order valence-corrected chi connectivity index (χ0v) is 15.3. The lowest BCUT2D eigenvalue weighted by Gasteiger charge is -2.40. The largest absolute Gasteiger partial charge is 0.371 e. The SMILES string of the molecule is CCCC(C)(N)C(=O)N1CCC(N(C)c2ccccc2)CC1.Cl. The third-order valence-corrected chi connectivity index (χ3v) is 4.72. The first-order valence-electron chi connectivity index (χ1n) is 8.32. The molecular formula is C18H30ClN3O. The maximum Gasteiger partial charge on any atom is 0.242 e. The molecule has 5 heteroatoms. The van der Waals surface area contributed by atoms with Gasteiger partial charge in [0.05, 0.1) is 5.54 Å². The van der Waals surface area contributed by atoms with Crippen LogP contribution in [0.1, 0.15) is 39.5 Å². The third kappa shape index (κ3) is 4.85. The van der Waals surface area contributed by atoms with Gasteiger partial charge in [-0.05, 0) is 38.3 Å². The van der Waals surface area contributed by atoms with E-state index in [2.05, 4.69) is 43.1 Å². The Labute approximate surface area is 146 Å². The van der Waals surface area contributed by atoms with Crippen LogP contribution >= 0.6 is 12.4 Å². The molecule has 1 aliphatic rings. The fraction of sp³-hybridized carbons (Fsp3) is 0.611. The summed E-state index contributed by atoms with van der Waals surface area (Å²) in [5.41, 5.74) is 6.71. The average Bonchev–Trinajstić information content (AvgIpc) is 2.54. The summed E-state index contributed by atoms with van der Waals surface area (Å²) >= 11 is 0. The van der Waals surface area contributed by atoms with Crippen LogP contribution in [0.3, 0.4) is 0 Å². The molecule has 0 saturated carbocycles. The van der Waals surface area contributed by atoms with Crippen LogP contribution in [-0.4, -0.2) is 42.5 Å². The maximum atomic E-state index is 12.5. The van der Waals surface area contributed by atoms with Crippen LogP contribution in [0, 0.1) is 0 Å². The van der Waals surface area contributed by atoms with Crippen LogP contribution in [0.4, 0.5) is 5.69 Å². The number of hydrogen-bond donors (Lipinski definition) is 1. The maximum absolute atomic E-state index is 12.5. The van der Waals surface area contributed by atoms with Crippen molar-refractivity contribution in [3.8, 4) is 0 Å². The predicted octanol–water partition coefficient (Wildman–Crippen LogP) is 3.05. The first kappa shape index (κ1) is 19.8. The normalized spacial score (nSPS) is 18.0. The molecule has 1 heterocycles. The number of carbonyl (C=O) groups excluding carboxylic acids is 1. The Balaban J connectivity index is 0.00000264. The summed E-state index contributed by atoms with van der Waals surface area (Å²) in [7, 11) is 2.14. The van der Waals surface area contributed by atoms with E-state index in [1.807, 2.05) is 17.9 Å². The molecule has 0 aliphatic carbocycles. The summed E-state index contributed by atoms with van der Waals surface area (Å²) < 4.78 is 0. The van der Waals surface area contributed by atoms with Gasteiger partial charge in [-0.15, -0.1) is 12.4 Å². The van der Waals surface area contributed by atoms with E-state index < -0.39 is 5.54 Å². The Kier molecular flexibility index (Phi) is 7.36. The van der Waals surface area contributed by atoms with Crippen LogP contribution in [0.25, 0.3) is 0 Å². The van der Waals surface area contributed by atoms with Crippen molar-refractivity contribution in [2.45, 2.75) is 51.1 Å². The van der Waals surface area contributed by atoms with E-state index in [0.717, 1.165) is 38.8 Å². The third-order valence-electron chi connectivity index (χ3n) is 4.72.